The molecule has 3 heteroatoms. The van der Waals surface area contributed by atoms with Gasteiger partial charge >= 0.3 is 0 Å². The molecule has 296 valence electrons. The van der Waals surface area contributed by atoms with Gasteiger partial charge in [-0.05, 0) is 134 Å². The van der Waals surface area contributed by atoms with Crippen molar-refractivity contribution in [2.45, 2.75) is 0 Å². The zero-order chi connectivity index (χ0) is 41.7. The van der Waals surface area contributed by atoms with Gasteiger partial charge in [0.15, 0.2) is 0 Å². The summed E-state index contributed by atoms with van der Waals surface area (Å²) in [6.45, 7) is 0. The highest BCUT2D eigenvalue weighted by atomic mass is 16.3. The summed E-state index contributed by atoms with van der Waals surface area (Å²) >= 11 is 0. The van der Waals surface area contributed by atoms with Crippen LogP contribution in [0.2, 0.25) is 0 Å². The van der Waals surface area contributed by atoms with E-state index in [1.165, 1.54) is 11.1 Å². The van der Waals surface area contributed by atoms with E-state index in [2.05, 4.69) is 217 Å². The summed E-state index contributed by atoms with van der Waals surface area (Å²) in [6.07, 6.45) is 0. The van der Waals surface area contributed by atoms with Crippen LogP contribution in [0.5, 0.6) is 0 Å². The molecule has 0 aliphatic heterocycles. The van der Waals surface area contributed by atoms with Crippen LogP contribution in [0.4, 0.5) is 17.1 Å². The fraction of sp³-hybridized carbons (Fsp3) is 0. The zero-order valence-electron chi connectivity index (χ0n) is 34.3. The molecule has 12 aromatic rings. The third-order valence-electron chi connectivity index (χ3n) is 12.3. The fourth-order valence-corrected chi connectivity index (χ4v) is 9.16. The molecule has 0 atom stereocenters. The van der Waals surface area contributed by atoms with Crippen molar-refractivity contribution in [3.63, 3.8) is 0 Å². The lowest BCUT2D eigenvalue weighted by Crippen LogP contribution is -2.10. The Labute approximate surface area is 365 Å². The van der Waals surface area contributed by atoms with Crippen LogP contribution >= 0.6 is 0 Å². The van der Waals surface area contributed by atoms with Gasteiger partial charge < -0.3 is 13.7 Å². The molecule has 2 heterocycles. The summed E-state index contributed by atoms with van der Waals surface area (Å²) in [5.74, 6) is 0. The van der Waals surface area contributed by atoms with Gasteiger partial charge in [-0.2, -0.15) is 0 Å². The number of anilines is 3. The van der Waals surface area contributed by atoms with E-state index in [0.29, 0.717) is 0 Å². The SMILES string of the molecule is c1ccc(-c2cccc(N(c3ccccc3)c3cccc(-c4ccc(-c5ccc(-c6ccc7oc8ccccc8c7c6)cc5-c5ccc6oc7ccccc7c6c5)cc4)c3)c2)cc1. The van der Waals surface area contributed by atoms with Crippen LogP contribution in [0.15, 0.2) is 245 Å². The average molecular weight is 806 g/mol. The summed E-state index contributed by atoms with van der Waals surface area (Å²) in [7, 11) is 0. The summed E-state index contributed by atoms with van der Waals surface area (Å²) < 4.78 is 12.4. The van der Waals surface area contributed by atoms with Gasteiger partial charge in [0.05, 0.1) is 0 Å². The van der Waals surface area contributed by atoms with Crippen LogP contribution in [0.25, 0.3) is 99.5 Å². The van der Waals surface area contributed by atoms with Crippen molar-refractivity contribution in [2.75, 3.05) is 4.90 Å². The molecular weight excluding hydrogens is 767 g/mol. The Morgan fingerprint density at radius 3 is 1.27 bits per heavy atom. The number of fused-ring (bicyclic) bond motifs is 6. The lowest BCUT2D eigenvalue weighted by molar-refractivity contribution is 0.668. The van der Waals surface area contributed by atoms with E-state index in [1.54, 1.807) is 0 Å². The van der Waals surface area contributed by atoms with E-state index < -0.39 is 0 Å². The fourth-order valence-electron chi connectivity index (χ4n) is 9.16. The second kappa shape index (κ2) is 15.3. The maximum Gasteiger partial charge on any atom is 0.135 e. The van der Waals surface area contributed by atoms with Gasteiger partial charge in [-0.1, -0.05) is 158 Å². The number of rotatable bonds is 8. The van der Waals surface area contributed by atoms with Gasteiger partial charge in [0.1, 0.15) is 22.3 Å². The van der Waals surface area contributed by atoms with E-state index in [9.17, 15) is 0 Å². The standard InChI is InChI=1S/C60H39NO2/c1-3-13-40(14-4-1)43-15-11-19-49(35-43)61(48-17-5-2-6-18-48)50-20-12-16-44(36-50)41-25-27-42(28-26-41)51-32-29-45(46-30-33-59-55(38-46)52-21-7-9-23-57(52)62-59)37-54(51)47-31-34-60-56(39-47)53-22-8-10-24-58(53)63-60/h1-39H. The number of furan rings is 2. The molecule has 0 unspecified atom stereocenters. The lowest BCUT2D eigenvalue weighted by Gasteiger charge is -2.26. The molecule has 12 rings (SSSR count). The third kappa shape index (κ3) is 6.64. The zero-order valence-corrected chi connectivity index (χ0v) is 34.3. The van der Waals surface area contributed by atoms with Gasteiger partial charge in [-0.3, -0.25) is 0 Å². The van der Waals surface area contributed by atoms with Gasteiger partial charge in [0.25, 0.3) is 0 Å². The number of hydrogen-bond donors (Lipinski definition) is 0. The van der Waals surface area contributed by atoms with Crippen LogP contribution in [0.1, 0.15) is 0 Å². The molecule has 0 saturated carbocycles. The second-order valence-corrected chi connectivity index (χ2v) is 16.1. The van der Waals surface area contributed by atoms with E-state index in [4.69, 9.17) is 8.83 Å². The highest BCUT2D eigenvalue weighted by Crippen LogP contribution is 2.42. The first kappa shape index (κ1) is 36.5. The van der Waals surface area contributed by atoms with Crippen LogP contribution in [-0.2, 0) is 0 Å². The van der Waals surface area contributed by atoms with E-state index >= 15 is 0 Å². The Kier molecular flexibility index (Phi) is 8.83. The molecular formula is C60H39NO2. The minimum atomic E-state index is 0.885. The molecule has 0 aliphatic carbocycles. The van der Waals surface area contributed by atoms with Crippen molar-refractivity contribution in [3.05, 3.63) is 237 Å². The highest BCUT2D eigenvalue weighted by molar-refractivity contribution is 6.08. The highest BCUT2D eigenvalue weighted by Gasteiger charge is 2.17. The van der Waals surface area contributed by atoms with Crippen LogP contribution in [-0.4, -0.2) is 0 Å². The van der Waals surface area contributed by atoms with Gasteiger partial charge in [-0.25, -0.2) is 0 Å². The molecule has 0 spiro atoms. The first-order chi connectivity index (χ1) is 31.2. The van der Waals surface area contributed by atoms with Crippen LogP contribution in [0, 0.1) is 0 Å². The van der Waals surface area contributed by atoms with Gasteiger partial charge in [0.2, 0.25) is 0 Å². The summed E-state index contributed by atoms with van der Waals surface area (Å²) in [5.41, 5.74) is 18.4. The summed E-state index contributed by atoms with van der Waals surface area (Å²) in [4.78, 5) is 2.34. The number of nitrogens with zero attached hydrogens (tertiary/aromatic N) is 1. The third-order valence-corrected chi connectivity index (χ3v) is 12.3. The predicted octanol–water partition coefficient (Wildman–Crippen LogP) is 17.3. The Morgan fingerprint density at radius 2 is 0.635 bits per heavy atom. The van der Waals surface area contributed by atoms with Gasteiger partial charge in [0, 0.05) is 38.6 Å². The Balaban J connectivity index is 0.942. The molecule has 3 nitrogen and oxygen atoms in total. The molecule has 0 bridgehead atoms. The molecule has 0 N–H and O–H groups in total. The van der Waals surface area contributed by atoms with Crippen molar-refractivity contribution < 1.29 is 8.83 Å². The number of hydrogen-bond acceptors (Lipinski definition) is 3. The quantitative estimate of drug-likeness (QED) is 0.153. The first-order valence-electron chi connectivity index (χ1n) is 21.4. The Hall–Kier alpha value is -8.40. The minimum absolute atomic E-state index is 0.885. The van der Waals surface area contributed by atoms with Crippen LogP contribution in [0.3, 0.4) is 0 Å². The van der Waals surface area contributed by atoms with Gasteiger partial charge in [-0.15, -0.1) is 0 Å². The first-order valence-corrected chi connectivity index (χ1v) is 21.4. The van der Waals surface area contributed by atoms with Crippen molar-refractivity contribution >= 4 is 60.9 Å². The molecule has 0 amide bonds. The predicted molar refractivity (Wildman–Crippen MR) is 263 cm³/mol. The van der Waals surface area contributed by atoms with Crippen molar-refractivity contribution in [2.24, 2.45) is 0 Å². The summed E-state index contributed by atoms with van der Waals surface area (Å²) in [6, 6.07) is 84.3. The molecule has 63 heavy (non-hydrogen) atoms. The number of para-hydroxylation sites is 3. The molecule has 0 saturated heterocycles. The normalized spacial score (nSPS) is 11.5. The van der Waals surface area contributed by atoms with Crippen molar-refractivity contribution in [1.82, 2.24) is 0 Å². The lowest BCUT2D eigenvalue weighted by atomic mass is 9.89. The average Bonchev–Trinajstić information content (AvgIpc) is 3.93. The second-order valence-electron chi connectivity index (χ2n) is 16.1. The van der Waals surface area contributed by atoms with E-state index in [0.717, 1.165) is 105 Å². The molecule has 0 radical (unpaired) electrons. The Bertz CT molecular complexity index is 3620. The van der Waals surface area contributed by atoms with Crippen molar-refractivity contribution in [3.8, 4) is 55.6 Å². The molecule has 0 aliphatic rings. The molecule has 10 aromatic carbocycles. The van der Waals surface area contributed by atoms with Crippen LogP contribution < -0.4 is 4.90 Å². The summed E-state index contributed by atoms with van der Waals surface area (Å²) in [5, 5.41) is 4.47. The maximum absolute atomic E-state index is 6.26. The number of benzene rings is 10. The largest absolute Gasteiger partial charge is 0.456 e. The minimum Gasteiger partial charge on any atom is -0.456 e. The maximum atomic E-state index is 6.26. The topological polar surface area (TPSA) is 29.5 Å². The van der Waals surface area contributed by atoms with E-state index in [-0.39, 0.29) is 0 Å². The van der Waals surface area contributed by atoms with E-state index in [1.807, 2.05) is 24.3 Å². The Morgan fingerprint density at radius 1 is 0.222 bits per heavy atom. The van der Waals surface area contributed by atoms with Crippen molar-refractivity contribution in [1.29, 1.82) is 0 Å². The molecule has 2 aromatic heterocycles. The monoisotopic (exact) mass is 805 g/mol. The molecule has 0 fully saturated rings. The smallest absolute Gasteiger partial charge is 0.135 e.